The minimum absolute atomic E-state index is 0.230. The van der Waals surface area contributed by atoms with Crippen molar-refractivity contribution in [2.24, 2.45) is 10.9 Å². The van der Waals surface area contributed by atoms with E-state index in [9.17, 15) is 9.18 Å². The molecule has 1 aliphatic heterocycles. The molecule has 2 aromatic carbocycles. The lowest BCUT2D eigenvalue weighted by molar-refractivity contribution is -0.145. The Hall–Kier alpha value is -2.69. The lowest BCUT2D eigenvalue weighted by Crippen LogP contribution is -2.29. The normalized spacial score (nSPS) is 19.4. The monoisotopic (exact) mass is 341 g/mol. The minimum atomic E-state index is -0.546. The molecule has 0 radical (unpaired) electrons. The van der Waals surface area contributed by atoms with E-state index < -0.39 is 5.92 Å². The van der Waals surface area contributed by atoms with Gasteiger partial charge in [0.05, 0.1) is 19.4 Å². The lowest BCUT2D eigenvalue weighted by Gasteiger charge is -2.20. The van der Waals surface area contributed by atoms with E-state index in [1.807, 2.05) is 30.3 Å². The number of nitrogens with zero attached hydrogens (tertiary/aromatic N) is 1. The second-order valence-corrected chi connectivity index (χ2v) is 5.85. The number of hydrogen-bond acceptors (Lipinski definition) is 4. The maximum absolute atomic E-state index is 13.6. The molecule has 3 rings (SSSR count). The molecule has 0 spiro atoms. The van der Waals surface area contributed by atoms with Crippen LogP contribution in [-0.4, -0.2) is 31.9 Å². The molecule has 2 aromatic rings. The highest BCUT2D eigenvalue weighted by Crippen LogP contribution is 2.35. The maximum atomic E-state index is 13.6. The highest BCUT2D eigenvalue weighted by atomic mass is 19.1. The Balaban J connectivity index is 1.95. The smallest absolute Gasteiger partial charge is 0.315 e. The Labute approximate surface area is 146 Å². The average molecular weight is 341 g/mol. The van der Waals surface area contributed by atoms with Crippen molar-refractivity contribution in [3.63, 3.8) is 0 Å². The lowest BCUT2D eigenvalue weighted by atomic mass is 9.83. The predicted molar refractivity (Wildman–Crippen MR) is 93.7 cm³/mol. The van der Waals surface area contributed by atoms with Crippen molar-refractivity contribution in [3.05, 3.63) is 65.5 Å². The molecular formula is C20H20FNO3. The molecule has 5 heteroatoms. The number of carbonyl (C=O) groups excluding carboxylic acids is 1. The van der Waals surface area contributed by atoms with Crippen LogP contribution in [0.4, 0.5) is 4.39 Å². The van der Waals surface area contributed by atoms with E-state index in [0.717, 1.165) is 16.9 Å². The van der Waals surface area contributed by atoms with Gasteiger partial charge in [0.25, 0.3) is 0 Å². The molecular weight excluding hydrogens is 321 g/mol. The molecule has 130 valence electrons. The van der Waals surface area contributed by atoms with Crippen LogP contribution in [0.25, 0.3) is 0 Å². The highest BCUT2D eigenvalue weighted by molar-refractivity contribution is 6.13. The van der Waals surface area contributed by atoms with Gasteiger partial charge in [-0.05, 0) is 54.4 Å². The summed E-state index contributed by atoms with van der Waals surface area (Å²) in [5, 5.41) is 0. The zero-order chi connectivity index (χ0) is 17.8. The second-order valence-electron chi connectivity index (χ2n) is 5.85. The van der Waals surface area contributed by atoms with Gasteiger partial charge in [-0.3, -0.25) is 9.79 Å². The molecule has 2 atom stereocenters. The van der Waals surface area contributed by atoms with Gasteiger partial charge in [0.15, 0.2) is 0 Å². The van der Waals surface area contributed by atoms with Gasteiger partial charge >= 0.3 is 5.97 Å². The first-order valence-corrected chi connectivity index (χ1v) is 8.25. The summed E-state index contributed by atoms with van der Waals surface area (Å²) >= 11 is 0. The van der Waals surface area contributed by atoms with Gasteiger partial charge in [0.1, 0.15) is 17.5 Å². The number of benzene rings is 2. The summed E-state index contributed by atoms with van der Waals surface area (Å²) in [5.74, 6) is -0.694. The van der Waals surface area contributed by atoms with Crippen molar-refractivity contribution >= 4 is 11.7 Å². The molecule has 0 fully saturated rings. The largest absolute Gasteiger partial charge is 0.497 e. The Morgan fingerprint density at radius 2 is 2.00 bits per heavy atom. The number of halogens is 1. The van der Waals surface area contributed by atoms with Crippen LogP contribution in [0.1, 0.15) is 24.0 Å². The Morgan fingerprint density at radius 3 is 2.64 bits per heavy atom. The van der Waals surface area contributed by atoms with Gasteiger partial charge < -0.3 is 9.47 Å². The quantitative estimate of drug-likeness (QED) is 0.781. The Kier molecular flexibility index (Phi) is 5.12. The maximum Gasteiger partial charge on any atom is 0.315 e. The van der Waals surface area contributed by atoms with E-state index in [2.05, 4.69) is 4.99 Å². The number of ether oxygens (including phenoxy) is 2. The molecule has 0 amide bonds. The molecule has 25 heavy (non-hydrogen) atoms. The fraction of sp³-hybridized carbons (Fsp3) is 0.300. The van der Waals surface area contributed by atoms with Crippen molar-refractivity contribution in [1.82, 2.24) is 0 Å². The third-order valence-electron chi connectivity index (χ3n) is 4.36. The fourth-order valence-corrected chi connectivity index (χ4v) is 3.17. The van der Waals surface area contributed by atoms with E-state index in [0.29, 0.717) is 18.9 Å². The van der Waals surface area contributed by atoms with Gasteiger partial charge in [-0.2, -0.15) is 0 Å². The summed E-state index contributed by atoms with van der Waals surface area (Å²) < 4.78 is 24.1. The number of hydrogen-bond donors (Lipinski definition) is 0. The number of esters is 1. The van der Waals surface area contributed by atoms with Crippen molar-refractivity contribution in [2.45, 2.75) is 12.8 Å². The first kappa shape index (κ1) is 17.1. The molecule has 0 aliphatic carbocycles. The van der Waals surface area contributed by atoms with Crippen LogP contribution in [-0.2, 0) is 9.53 Å². The van der Waals surface area contributed by atoms with E-state index in [1.54, 1.807) is 20.1 Å². The van der Waals surface area contributed by atoms with Crippen LogP contribution in [0.5, 0.6) is 5.75 Å². The Morgan fingerprint density at radius 1 is 1.24 bits per heavy atom. The van der Waals surface area contributed by atoms with Crippen LogP contribution >= 0.6 is 0 Å². The van der Waals surface area contributed by atoms with Gasteiger partial charge in [0, 0.05) is 12.5 Å². The zero-order valence-corrected chi connectivity index (χ0v) is 14.2. The molecule has 1 aliphatic rings. The van der Waals surface area contributed by atoms with Crippen molar-refractivity contribution in [3.8, 4) is 5.75 Å². The van der Waals surface area contributed by atoms with Crippen molar-refractivity contribution in [1.29, 1.82) is 0 Å². The standard InChI is InChI=1S/C20H20FNO3/c1-3-25-20(23)18-17(14-5-4-6-15(21)11-14)12-22-19(18)13-7-9-16(24-2)10-8-13/h4-11,17-18H,3,12H2,1-2H3. The second kappa shape index (κ2) is 7.47. The fourth-order valence-electron chi connectivity index (χ4n) is 3.17. The topological polar surface area (TPSA) is 47.9 Å². The first-order chi connectivity index (χ1) is 12.1. The molecule has 1 heterocycles. The number of aliphatic imine (C=N–C) groups is 1. The van der Waals surface area contributed by atoms with Crippen LogP contribution in [0.15, 0.2) is 53.5 Å². The third-order valence-corrected chi connectivity index (χ3v) is 4.36. The van der Waals surface area contributed by atoms with Crippen LogP contribution in [0, 0.1) is 11.7 Å². The summed E-state index contributed by atoms with van der Waals surface area (Å²) in [5.41, 5.74) is 2.28. The SMILES string of the molecule is CCOC(=O)C1C(c2ccc(OC)cc2)=NCC1c1cccc(F)c1. The highest BCUT2D eigenvalue weighted by Gasteiger charge is 2.39. The molecule has 0 bridgehead atoms. The predicted octanol–water partition coefficient (Wildman–Crippen LogP) is 3.60. The number of rotatable bonds is 5. The molecule has 2 unspecified atom stereocenters. The number of carbonyl (C=O) groups is 1. The Bertz CT molecular complexity index is 786. The summed E-state index contributed by atoms with van der Waals surface area (Å²) in [6.45, 7) is 2.49. The van der Waals surface area contributed by atoms with Gasteiger partial charge in [-0.25, -0.2) is 4.39 Å². The van der Waals surface area contributed by atoms with Crippen molar-refractivity contribution < 1.29 is 18.7 Å². The molecule has 0 N–H and O–H groups in total. The van der Waals surface area contributed by atoms with Crippen LogP contribution in [0.2, 0.25) is 0 Å². The molecule has 0 aromatic heterocycles. The summed E-state index contributed by atoms with van der Waals surface area (Å²) in [6, 6.07) is 13.7. The van der Waals surface area contributed by atoms with Gasteiger partial charge in [-0.15, -0.1) is 0 Å². The molecule has 4 nitrogen and oxygen atoms in total. The first-order valence-electron chi connectivity index (χ1n) is 8.25. The summed E-state index contributed by atoms with van der Waals surface area (Å²) in [7, 11) is 1.60. The van der Waals surface area contributed by atoms with Crippen molar-refractivity contribution in [2.75, 3.05) is 20.3 Å². The summed E-state index contributed by atoms with van der Waals surface area (Å²) in [4.78, 5) is 17.2. The van der Waals surface area contributed by atoms with E-state index in [4.69, 9.17) is 9.47 Å². The average Bonchev–Trinajstić information content (AvgIpc) is 3.07. The summed E-state index contributed by atoms with van der Waals surface area (Å²) in [6.07, 6.45) is 0. The minimum Gasteiger partial charge on any atom is -0.497 e. The number of methoxy groups -OCH3 is 1. The zero-order valence-electron chi connectivity index (χ0n) is 14.2. The third kappa shape index (κ3) is 3.55. The van der Waals surface area contributed by atoms with E-state index in [1.165, 1.54) is 12.1 Å². The van der Waals surface area contributed by atoms with E-state index >= 15 is 0 Å². The van der Waals surface area contributed by atoms with E-state index in [-0.39, 0.29) is 17.7 Å². The van der Waals surface area contributed by atoms with Crippen LogP contribution < -0.4 is 4.74 Å². The molecule has 0 saturated carbocycles. The van der Waals surface area contributed by atoms with Crippen LogP contribution in [0.3, 0.4) is 0 Å². The molecule has 0 saturated heterocycles. The van der Waals surface area contributed by atoms with Gasteiger partial charge in [-0.1, -0.05) is 12.1 Å². The van der Waals surface area contributed by atoms with Gasteiger partial charge in [0.2, 0.25) is 0 Å².